The van der Waals surface area contributed by atoms with Crippen molar-refractivity contribution in [2.75, 3.05) is 0 Å². The SMILES string of the molecule is CC(C)C[C@H](N)C(=O)NC1CCC(C)C1. The third-order valence-electron chi connectivity index (χ3n) is 3.10. The molecule has 0 spiro atoms. The van der Waals surface area contributed by atoms with Crippen LogP contribution in [0.25, 0.3) is 0 Å². The molecule has 0 aromatic carbocycles. The van der Waals surface area contributed by atoms with E-state index in [1.165, 1.54) is 6.42 Å². The first-order valence-electron chi connectivity index (χ1n) is 6.05. The highest BCUT2D eigenvalue weighted by Crippen LogP contribution is 2.24. The van der Waals surface area contributed by atoms with Gasteiger partial charge in [0.25, 0.3) is 0 Å². The Balaban J connectivity index is 2.28. The molecule has 88 valence electrons. The van der Waals surface area contributed by atoms with Gasteiger partial charge in [0, 0.05) is 6.04 Å². The van der Waals surface area contributed by atoms with Gasteiger partial charge in [-0.05, 0) is 37.5 Å². The molecule has 0 aromatic rings. The van der Waals surface area contributed by atoms with Gasteiger partial charge in [-0.25, -0.2) is 0 Å². The number of carbonyl (C=O) groups is 1. The third kappa shape index (κ3) is 4.20. The normalized spacial score (nSPS) is 28.1. The zero-order chi connectivity index (χ0) is 11.4. The summed E-state index contributed by atoms with van der Waals surface area (Å²) in [5.41, 5.74) is 5.82. The standard InChI is InChI=1S/C12H24N2O/c1-8(2)6-11(13)12(15)14-10-5-4-9(3)7-10/h8-11H,4-7,13H2,1-3H3,(H,14,15)/t9?,10?,11-/m0/s1. The van der Waals surface area contributed by atoms with Crippen molar-refractivity contribution in [3.05, 3.63) is 0 Å². The Morgan fingerprint density at radius 3 is 2.60 bits per heavy atom. The minimum Gasteiger partial charge on any atom is -0.352 e. The van der Waals surface area contributed by atoms with E-state index in [4.69, 9.17) is 5.73 Å². The fourth-order valence-electron chi connectivity index (χ4n) is 2.26. The van der Waals surface area contributed by atoms with Gasteiger partial charge in [0.1, 0.15) is 0 Å². The largest absolute Gasteiger partial charge is 0.352 e. The Morgan fingerprint density at radius 2 is 2.13 bits per heavy atom. The predicted octanol–water partition coefficient (Wildman–Crippen LogP) is 1.66. The van der Waals surface area contributed by atoms with E-state index in [1.807, 2.05) is 0 Å². The van der Waals surface area contributed by atoms with E-state index in [9.17, 15) is 4.79 Å². The fraction of sp³-hybridized carbons (Fsp3) is 0.917. The highest BCUT2D eigenvalue weighted by atomic mass is 16.2. The first-order chi connectivity index (χ1) is 6.99. The molecule has 3 N–H and O–H groups in total. The van der Waals surface area contributed by atoms with Gasteiger partial charge in [-0.3, -0.25) is 4.79 Å². The third-order valence-corrected chi connectivity index (χ3v) is 3.10. The van der Waals surface area contributed by atoms with Crippen LogP contribution in [0.2, 0.25) is 0 Å². The molecule has 1 fully saturated rings. The van der Waals surface area contributed by atoms with Crippen LogP contribution in [0.15, 0.2) is 0 Å². The molecule has 0 aliphatic heterocycles. The zero-order valence-corrected chi connectivity index (χ0v) is 10.1. The average Bonchev–Trinajstić information content (AvgIpc) is 2.50. The molecule has 1 aliphatic rings. The second-order valence-electron chi connectivity index (χ2n) is 5.36. The Kier molecular flexibility index (Phi) is 4.58. The number of carbonyl (C=O) groups excluding carboxylic acids is 1. The molecule has 1 amide bonds. The summed E-state index contributed by atoms with van der Waals surface area (Å²) in [6.45, 7) is 6.41. The number of nitrogens with one attached hydrogen (secondary N) is 1. The van der Waals surface area contributed by atoms with Crippen molar-refractivity contribution in [1.29, 1.82) is 0 Å². The van der Waals surface area contributed by atoms with Crippen LogP contribution in [0.5, 0.6) is 0 Å². The van der Waals surface area contributed by atoms with Crippen molar-refractivity contribution in [2.45, 2.75) is 58.5 Å². The number of hydrogen-bond acceptors (Lipinski definition) is 2. The second kappa shape index (κ2) is 5.50. The van der Waals surface area contributed by atoms with Crippen LogP contribution in [0.4, 0.5) is 0 Å². The van der Waals surface area contributed by atoms with E-state index in [0.29, 0.717) is 12.0 Å². The van der Waals surface area contributed by atoms with E-state index in [-0.39, 0.29) is 11.9 Å². The lowest BCUT2D eigenvalue weighted by atomic mass is 10.0. The lowest BCUT2D eigenvalue weighted by Gasteiger charge is -2.18. The summed E-state index contributed by atoms with van der Waals surface area (Å²) in [5.74, 6) is 1.26. The van der Waals surface area contributed by atoms with Crippen molar-refractivity contribution in [3.8, 4) is 0 Å². The summed E-state index contributed by atoms with van der Waals surface area (Å²) in [7, 11) is 0. The maximum absolute atomic E-state index is 11.7. The van der Waals surface area contributed by atoms with Gasteiger partial charge in [0.2, 0.25) is 5.91 Å². The van der Waals surface area contributed by atoms with Gasteiger partial charge in [-0.15, -0.1) is 0 Å². The molecular formula is C12H24N2O. The van der Waals surface area contributed by atoms with Crippen molar-refractivity contribution in [1.82, 2.24) is 5.32 Å². The van der Waals surface area contributed by atoms with Gasteiger partial charge in [0.05, 0.1) is 6.04 Å². The Labute approximate surface area is 92.8 Å². The number of nitrogens with two attached hydrogens (primary N) is 1. The summed E-state index contributed by atoms with van der Waals surface area (Å²) in [6, 6.07) is 0.0339. The van der Waals surface area contributed by atoms with Crippen LogP contribution >= 0.6 is 0 Å². The molecule has 0 bridgehead atoms. The minimum atomic E-state index is -0.332. The van der Waals surface area contributed by atoms with Crippen molar-refractivity contribution in [2.24, 2.45) is 17.6 Å². The van der Waals surface area contributed by atoms with E-state index >= 15 is 0 Å². The number of amides is 1. The molecule has 15 heavy (non-hydrogen) atoms. The fourth-order valence-corrected chi connectivity index (χ4v) is 2.26. The van der Waals surface area contributed by atoms with Crippen molar-refractivity contribution < 1.29 is 4.79 Å². The van der Waals surface area contributed by atoms with Crippen LogP contribution < -0.4 is 11.1 Å². The quantitative estimate of drug-likeness (QED) is 0.744. The van der Waals surface area contributed by atoms with E-state index < -0.39 is 0 Å². The monoisotopic (exact) mass is 212 g/mol. The lowest BCUT2D eigenvalue weighted by molar-refractivity contribution is -0.123. The highest BCUT2D eigenvalue weighted by molar-refractivity contribution is 5.81. The Hall–Kier alpha value is -0.570. The summed E-state index contributed by atoms with van der Waals surface area (Å²) in [5, 5.41) is 3.05. The smallest absolute Gasteiger partial charge is 0.237 e. The molecule has 0 radical (unpaired) electrons. The Morgan fingerprint density at radius 1 is 1.47 bits per heavy atom. The topological polar surface area (TPSA) is 55.1 Å². The molecule has 0 saturated heterocycles. The van der Waals surface area contributed by atoms with E-state index in [0.717, 1.165) is 25.2 Å². The molecule has 1 saturated carbocycles. The first-order valence-corrected chi connectivity index (χ1v) is 6.05. The van der Waals surface area contributed by atoms with Gasteiger partial charge in [0.15, 0.2) is 0 Å². The molecule has 0 aromatic heterocycles. The van der Waals surface area contributed by atoms with Crippen LogP contribution in [0, 0.1) is 11.8 Å². The second-order valence-corrected chi connectivity index (χ2v) is 5.36. The lowest BCUT2D eigenvalue weighted by Crippen LogP contribution is -2.45. The van der Waals surface area contributed by atoms with Crippen LogP contribution in [0.1, 0.15) is 46.5 Å². The van der Waals surface area contributed by atoms with E-state index in [2.05, 4.69) is 26.1 Å². The molecule has 3 heteroatoms. The maximum Gasteiger partial charge on any atom is 0.237 e. The molecule has 0 heterocycles. The predicted molar refractivity (Wildman–Crippen MR) is 62.4 cm³/mol. The Bertz CT molecular complexity index is 216. The molecule has 2 unspecified atom stereocenters. The summed E-state index contributed by atoms with van der Waals surface area (Å²) >= 11 is 0. The number of hydrogen-bond donors (Lipinski definition) is 2. The van der Waals surface area contributed by atoms with Gasteiger partial charge in [-0.2, -0.15) is 0 Å². The van der Waals surface area contributed by atoms with Crippen LogP contribution in [-0.2, 0) is 4.79 Å². The first kappa shape index (κ1) is 12.5. The molecule has 3 nitrogen and oxygen atoms in total. The molecule has 1 aliphatic carbocycles. The number of rotatable bonds is 4. The minimum absolute atomic E-state index is 0.0304. The average molecular weight is 212 g/mol. The molecular weight excluding hydrogens is 188 g/mol. The van der Waals surface area contributed by atoms with Crippen molar-refractivity contribution >= 4 is 5.91 Å². The maximum atomic E-state index is 11.7. The summed E-state index contributed by atoms with van der Waals surface area (Å²) < 4.78 is 0. The van der Waals surface area contributed by atoms with Gasteiger partial charge in [-0.1, -0.05) is 20.8 Å². The van der Waals surface area contributed by atoms with Crippen LogP contribution in [-0.4, -0.2) is 18.0 Å². The van der Waals surface area contributed by atoms with Gasteiger partial charge >= 0.3 is 0 Å². The summed E-state index contributed by atoms with van der Waals surface area (Å²) in [6.07, 6.45) is 4.22. The van der Waals surface area contributed by atoms with E-state index in [1.54, 1.807) is 0 Å². The molecule has 1 rings (SSSR count). The highest BCUT2D eigenvalue weighted by Gasteiger charge is 2.24. The van der Waals surface area contributed by atoms with Crippen LogP contribution in [0.3, 0.4) is 0 Å². The van der Waals surface area contributed by atoms with Gasteiger partial charge < -0.3 is 11.1 Å². The molecule has 3 atom stereocenters. The zero-order valence-electron chi connectivity index (χ0n) is 10.1. The summed E-state index contributed by atoms with van der Waals surface area (Å²) in [4.78, 5) is 11.7. The van der Waals surface area contributed by atoms with Crippen molar-refractivity contribution in [3.63, 3.8) is 0 Å².